The molecule has 0 aliphatic heterocycles. The van der Waals surface area contributed by atoms with Crippen molar-refractivity contribution in [3.8, 4) is 22.6 Å². The third-order valence-electron chi connectivity index (χ3n) is 2.16. The van der Waals surface area contributed by atoms with Crippen LogP contribution in [0.5, 0.6) is 11.5 Å². The lowest BCUT2D eigenvalue weighted by atomic mass is 10.0. The molecule has 2 N–H and O–H groups in total. The van der Waals surface area contributed by atoms with Gasteiger partial charge >= 0.3 is 0 Å². The van der Waals surface area contributed by atoms with Crippen molar-refractivity contribution >= 4 is 0 Å². The third-order valence-corrected chi connectivity index (χ3v) is 2.16. The average Bonchev–Trinajstić information content (AvgIpc) is 2.20. The van der Waals surface area contributed by atoms with Gasteiger partial charge in [0, 0.05) is 6.07 Å². The van der Waals surface area contributed by atoms with E-state index in [-0.39, 0.29) is 5.75 Å². The summed E-state index contributed by atoms with van der Waals surface area (Å²) in [7, 11) is 0. The molecule has 0 aromatic heterocycles. The first-order valence-corrected chi connectivity index (χ1v) is 4.55. The maximum Gasteiger partial charge on any atom is 0.164 e. The van der Waals surface area contributed by atoms with E-state index in [1.807, 2.05) is 0 Å². The van der Waals surface area contributed by atoms with Crippen LogP contribution in [0.25, 0.3) is 11.1 Å². The van der Waals surface area contributed by atoms with Gasteiger partial charge in [-0.1, -0.05) is 6.07 Å². The summed E-state index contributed by atoms with van der Waals surface area (Å²) in [6.07, 6.45) is 0. The quantitative estimate of drug-likeness (QED) is 0.778. The highest BCUT2D eigenvalue weighted by Crippen LogP contribution is 2.28. The van der Waals surface area contributed by atoms with Crippen LogP contribution in [-0.2, 0) is 0 Å². The largest absolute Gasteiger partial charge is 0.508 e. The number of hydrogen-bond acceptors (Lipinski definition) is 2. The summed E-state index contributed by atoms with van der Waals surface area (Å²) in [5, 5.41) is 18.4. The van der Waals surface area contributed by atoms with Gasteiger partial charge in [-0.2, -0.15) is 0 Å². The molecule has 0 atom stereocenters. The molecule has 0 bridgehead atoms. The number of benzene rings is 2. The minimum atomic E-state index is -0.746. The van der Waals surface area contributed by atoms with E-state index in [1.54, 1.807) is 0 Å². The first kappa shape index (κ1) is 10.4. The fourth-order valence-corrected chi connectivity index (χ4v) is 1.43. The fraction of sp³-hybridized carbons (Fsp3) is 0. The second-order valence-corrected chi connectivity index (χ2v) is 3.36. The number of phenols is 2. The zero-order chi connectivity index (χ0) is 11.7. The molecular weight excluding hydrogens is 214 g/mol. The van der Waals surface area contributed by atoms with Crippen molar-refractivity contribution in [1.82, 2.24) is 0 Å². The predicted molar refractivity (Wildman–Crippen MR) is 55.1 cm³/mol. The van der Waals surface area contributed by atoms with Crippen LogP contribution in [0.4, 0.5) is 8.78 Å². The summed E-state index contributed by atoms with van der Waals surface area (Å²) >= 11 is 0. The van der Waals surface area contributed by atoms with E-state index in [4.69, 9.17) is 5.11 Å². The zero-order valence-electron chi connectivity index (χ0n) is 8.11. The van der Waals surface area contributed by atoms with Crippen LogP contribution in [0.15, 0.2) is 36.4 Å². The van der Waals surface area contributed by atoms with Gasteiger partial charge in [-0.3, -0.25) is 0 Å². The van der Waals surface area contributed by atoms with E-state index in [1.165, 1.54) is 24.3 Å². The van der Waals surface area contributed by atoms with Gasteiger partial charge in [0.25, 0.3) is 0 Å². The molecule has 0 fully saturated rings. The van der Waals surface area contributed by atoms with E-state index in [0.29, 0.717) is 11.1 Å². The Kier molecular flexibility index (Phi) is 2.48. The van der Waals surface area contributed by atoms with Crippen molar-refractivity contribution in [2.75, 3.05) is 0 Å². The normalized spacial score (nSPS) is 10.4. The Labute approximate surface area is 90.4 Å². The van der Waals surface area contributed by atoms with Crippen molar-refractivity contribution in [1.29, 1.82) is 0 Å². The molecule has 4 heteroatoms. The molecule has 0 aliphatic rings. The number of rotatable bonds is 1. The van der Waals surface area contributed by atoms with Crippen molar-refractivity contribution in [3.63, 3.8) is 0 Å². The number of halogens is 2. The smallest absolute Gasteiger partial charge is 0.164 e. The van der Waals surface area contributed by atoms with Gasteiger partial charge in [0.15, 0.2) is 11.6 Å². The van der Waals surface area contributed by atoms with Gasteiger partial charge in [0.2, 0.25) is 0 Å². The molecule has 0 heterocycles. The van der Waals surface area contributed by atoms with Gasteiger partial charge in [-0.05, 0) is 35.4 Å². The van der Waals surface area contributed by atoms with Crippen molar-refractivity contribution in [2.24, 2.45) is 0 Å². The third kappa shape index (κ3) is 1.95. The molecule has 2 nitrogen and oxygen atoms in total. The van der Waals surface area contributed by atoms with E-state index in [0.717, 1.165) is 12.1 Å². The van der Waals surface area contributed by atoms with Crippen LogP contribution in [0.3, 0.4) is 0 Å². The topological polar surface area (TPSA) is 40.5 Å². The van der Waals surface area contributed by atoms with Gasteiger partial charge in [0.1, 0.15) is 11.6 Å². The Balaban J connectivity index is 2.54. The summed E-state index contributed by atoms with van der Waals surface area (Å²) in [6.45, 7) is 0. The van der Waals surface area contributed by atoms with Crippen LogP contribution in [0, 0.1) is 11.6 Å². The Bertz CT molecular complexity index is 518. The maximum atomic E-state index is 13.0. The van der Waals surface area contributed by atoms with Gasteiger partial charge in [-0.25, -0.2) is 8.78 Å². The molecule has 2 aromatic rings. The maximum absolute atomic E-state index is 13.0. The summed E-state index contributed by atoms with van der Waals surface area (Å²) in [5.74, 6) is -2.08. The first-order chi connectivity index (χ1) is 7.56. The number of hydrogen-bond donors (Lipinski definition) is 2. The second-order valence-electron chi connectivity index (χ2n) is 3.36. The van der Waals surface area contributed by atoms with Crippen LogP contribution in [0.2, 0.25) is 0 Å². The van der Waals surface area contributed by atoms with E-state index < -0.39 is 17.4 Å². The van der Waals surface area contributed by atoms with Crippen LogP contribution in [-0.4, -0.2) is 10.2 Å². The summed E-state index contributed by atoms with van der Waals surface area (Å²) in [4.78, 5) is 0. The lowest BCUT2D eigenvalue weighted by Gasteiger charge is -2.04. The highest BCUT2D eigenvalue weighted by Gasteiger charge is 2.06. The molecule has 2 rings (SSSR count). The molecular formula is C12H8F2O2. The highest BCUT2D eigenvalue weighted by atomic mass is 19.1. The van der Waals surface area contributed by atoms with Crippen LogP contribution >= 0.6 is 0 Å². The monoisotopic (exact) mass is 222 g/mol. The molecule has 16 heavy (non-hydrogen) atoms. The molecule has 0 spiro atoms. The highest BCUT2D eigenvalue weighted by molar-refractivity contribution is 5.66. The van der Waals surface area contributed by atoms with Gasteiger partial charge < -0.3 is 10.2 Å². The van der Waals surface area contributed by atoms with Crippen molar-refractivity contribution in [3.05, 3.63) is 48.0 Å². The fourth-order valence-electron chi connectivity index (χ4n) is 1.43. The Hall–Kier alpha value is -2.10. The Morgan fingerprint density at radius 1 is 0.812 bits per heavy atom. The van der Waals surface area contributed by atoms with Crippen molar-refractivity contribution < 1.29 is 19.0 Å². The Morgan fingerprint density at radius 3 is 2.19 bits per heavy atom. The van der Waals surface area contributed by atoms with Gasteiger partial charge in [-0.15, -0.1) is 0 Å². The SMILES string of the molecule is Oc1cc(F)cc(-c2ccc(F)c(O)c2)c1. The molecule has 0 saturated carbocycles. The molecule has 0 aliphatic carbocycles. The molecule has 0 saturated heterocycles. The van der Waals surface area contributed by atoms with Gasteiger partial charge in [0.05, 0.1) is 0 Å². The lowest BCUT2D eigenvalue weighted by Crippen LogP contribution is -1.83. The van der Waals surface area contributed by atoms with E-state index >= 15 is 0 Å². The Morgan fingerprint density at radius 2 is 1.56 bits per heavy atom. The minimum absolute atomic E-state index is 0.223. The lowest BCUT2D eigenvalue weighted by molar-refractivity contribution is 0.432. The molecule has 0 unspecified atom stereocenters. The summed E-state index contributed by atoms with van der Waals surface area (Å²) in [5.41, 5.74) is 0.793. The molecule has 0 radical (unpaired) electrons. The average molecular weight is 222 g/mol. The van der Waals surface area contributed by atoms with Crippen molar-refractivity contribution in [2.45, 2.75) is 0 Å². The summed E-state index contributed by atoms with van der Waals surface area (Å²) in [6, 6.07) is 7.12. The zero-order valence-corrected chi connectivity index (χ0v) is 8.11. The van der Waals surface area contributed by atoms with Crippen LogP contribution < -0.4 is 0 Å². The standard InChI is InChI=1S/C12H8F2O2/c13-9-3-8(4-10(15)6-9)7-1-2-11(14)12(16)5-7/h1-6,15-16H. The van der Waals surface area contributed by atoms with E-state index in [9.17, 15) is 13.9 Å². The number of aromatic hydroxyl groups is 2. The molecule has 0 amide bonds. The molecule has 82 valence electrons. The summed E-state index contributed by atoms with van der Waals surface area (Å²) < 4.78 is 25.8. The minimum Gasteiger partial charge on any atom is -0.508 e. The number of phenolic OH excluding ortho intramolecular Hbond substituents is 2. The predicted octanol–water partition coefficient (Wildman–Crippen LogP) is 3.04. The molecule has 2 aromatic carbocycles. The second kappa shape index (κ2) is 3.81. The van der Waals surface area contributed by atoms with Crippen LogP contribution in [0.1, 0.15) is 0 Å². The van der Waals surface area contributed by atoms with E-state index in [2.05, 4.69) is 0 Å². The first-order valence-electron chi connectivity index (χ1n) is 4.55.